The number of alkyl halides is 2. The molecule has 0 unspecified atom stereocenters. The van der Waals surface area contributed by atoms with E-state index >= 15 is 0 Å². The van der Waals surface area contributed by atoms with Crippen molar-refractivity contribution in [3.05, 3.63) is 22.4 Å². The van der Waals surface area contributed by atoms with Crippen molar-refractivity contribution in [1.82, 2.24) is 10.3 Å². The van der Waals surface area contributed by atoms with Gasteiger partial charge in [0.1, 0.15) is 15.9 Å². The monoisotopic (exact) mass is 393 g/mol. The summed E-state index contributed by atoms with van der Waals surface area (Å²) in [5, 5.41) is 5.60. The third-order valence-corrected chi connectivity index (χ3v) is 3.10. The van der Waals surface area contributed by atoms with Crippen LogP contribution in [0.15, 0.2) is 16.7 Å². The van der Waals surface area contributed by atoms with Crippen LogP contribution in [0.4, 0.5) is 19.3 Å². The zero-order valence-corrected chi connectivity index (χ0v) is 15.4. The van der Waals surface area contributed by atoms with Crippen LogP contribution in [0.3, 0.4) is 0 Å². The highest BCUT2D eigenvalue weighted by Crippen LogP contribution is 2.27. The van der Waals surface area contributed by atoms with Crippen LogP contribution in [0.2, 0.25) is 0 Å². The van der Waals surface area contributed by atoms with Gasteiger partial charge in [-0.25, -0.2) is 18.6 Å². The van der Waals surface area contributed by atoms with Crippen molar-refractivity contribution in [2.45, 2.75) is 52.2 Å². The van der Waals surface area contributed by atoms with Gasteiger partial charge in [0.2, 0.25) is 0 Å². The van der Waals surface area contributed by atoms with Crippen molar-refractivity contribution < 1.29 is 18.3 Å². The fourth-order valence-corrected chi connectivity index (χ4v) is 2.03. The first-order valence-corrected chi connectivity index (χ1v) is 7.88. The molecule has 1 amide bonds. The predicted molar refractivity (Wildman–Crippen MR) is 88.8 cm³/mol. The van der Waals surface area contributed by atoms with Gasteiger partial charge in [-0.1, -0.05) is 0 Å². The standard InChI is InChI=1S/C15H22BrF2N3O2/c1-14(2,3)23-13(22)21-15(4,5)8-19-9-6-7-10(16)20-11(9)12(17)18/h6-7,12,19H,8H2,1-5H3,(H,21,22). The van der Waals surface area contributed by atoms with E-state index in [1.54, 1.807) is 40.7 Å². The van der Waals surface area contributed by atoms with Crippen molar-refractivity contribution in [3.63, 3.8) is 0 Å². The molecule has 0 spiro atoms. The van der Waals surface area contributed by atoms with Crippen molar-refractivity contribution in [2.75, 3.05) is 11.9 Å². The number of pyridine rings is 1. The number of amides is 1. The number of anilines is 1. The van der Waals surface area contributed by atoms with Gasteiger partial charge in [0, 0.05) is 6.54 Å². The molecule has 1 aromatic heterocycles. The number of ether oxygens (including phenoxy) is 1. The van der Waals surface area contributed by atoms with Gasteiger partial charge in [-0.3, -0.25) is 0 Å². The largest absolute Gasteiger partial charge is 0.444 e. The molecule has 1 rings (SSSR count). The summed E-state index contributed by atoms with van der Waals surface area (Å²) in [5.74, 6) is 0. The van der Waals surface area contributed by atoms with Crippen LogP contribution in [-0.4, -0.2) is 28.8 Å². The fraction of sp³-hybridized carbons (Fsp3) is 0.600. The molecule has 130 valence electrons. The van der Waals surface area contributed by atoms with Gasteiger partial charge in [-0.05, 0) is 62.7 Å². The molecule has 1 aromatic rings. The van der Waals surface area contributed by atoms with Crippen molar-refractivity contribution in [3.8, 4) is 0 Å². The summed E-state index contributed by atoms with van der Waals surface area (Å²) in [6, 6.07) is 3.09. The first-order chi connectivity index (χ1) is 10.4. The smallest absolute Gasteiger partial charge is 0.408 e. The van der Waals surface area contributed by atoms with E-state index in [2.05, 4.69) is 31.5 Å². The minimum Gasteiger partial charge on any atom is -0.444 e. The number of alkyl carbamates (subject to hydrolysis) is 1. The second-order valence-electron chi connectivity index (χ2n) is 6.73. The Morgan fingerprint density at radius 2 is 1.91 bits per heavy atom. The van der Waals surface area contributed by atoms with E-state index in [0.717, 1.165) is 0 Å². The second kappa shape index (κ2) is 7.42. The summed E-state index contributed by atoms with van der Waals surface area (Å²) in [6.07, 6.45) is -3.26. The summed E-state index contributed by atoms with van der Waals surface area (Å²) < 4.78 is 31.5. The topological polar surface area (TPSA) is 63.2 Å². The van der Waals surface area contributed by atoms with Crippen LogP contribution >= 0.6 is 15.9 Å². The third-order valence-electron chi connectivity index (χ3n) is 2.66. The molecule has 0 saturated heterocycles. The first kappa shape index (κ1) is 19.6. The van der Waals surface area contributed by atoms with Gasteiger partial charge in [-0.2, -0.15) is 0 Å². The van der Waals surface area contributed by atoms with Gasteiger partial charge in [-0.15, -0.1) is 0 Å². The van der Waals surface area contributed by atoms with Crippen molar-refractivity contribution in [2.24, 2.45) is 0 Å². The molecule has 8 heteroatoms. The lowest BCUT2D eigenvalue weighted by atomic mass is 10.1. The van der Waals surface area contributed by atoms with Crippen LogP contribution in [0.1, 0.15) is 46.7 Å². The zero-order chi connectivity index (χ0) is 17.8. The van der Waals surface area contributed by atoms with E-state index in [1.165, 1.54) is 6.07 Å². The van der Waals surface area contributed by atoms with E-state index in [1.807, 2.05) is 0 Å². The third kappa shape index (κ3) is 7.11. The Bertz CT molecular complexity index is 560. The number of halogens is 3. The Kier molecular flexibility index (Phi) is 6.33. The molecular formula is C15H22BrF2N3O2. The maximum atomic E-state index is 13.0. The minimum absolute atomic E-state index is 0.224. The molecular weight excluding hydrogens is 372 g/mol. The number of rotatable bonds is 5. The predicted octanol–water partition coefficient (Wildman–Crippen LogP) is 4.50. The van der Waals surface area contributed by atoms with E-state index < -0.39 is 23.7 Å². The molecule has 0 aromatic carbocycles. The summed E-state index contributed by atoms with van der Waals surface area (Å²) in [4.78, 5) is 15.6. The van der Waals surface area contributed by atoms with E-state index in [9.17, 15) is 13.6 Å². The summed E-state index contributed by atoms with van der Waals surface area (Å²) in [7, 11) is 0. The van der Waals surface area contributed by atoms with Crippen LogP contribution in [-0.2, 0) is 4.74 Å². The molecule has 0 radical (unpaired) electrons. The number of hydrogen-bond acceptors (Lipinski definition) is 4. The fourth-order valence-electron chi connectivity index (χ4n) is 1.71. The number of hydrogen-bond donors (Lipinski definition) is 2. The Morgan fingerprint density at radius 3 is 2.43 bits per heavy atom. The number of carbonyl (C=O) groups is 1. The SMILES string of the molecule is CC(C)(CNc1ccc(Br)nc1C(F)F)NC(=O)OC(C)(C)C. The number of carbonyl (C=O) groups excluding carboxylic acids is 1. The van der Waals surface area contributed by atoms with Gasteiger partial charge in [0.25, 0.3) is 6.43 Å². The molecule has 0 fully saturated rings. The quantitative estimate of drug-likeness (QED) is 0.722. The maximum absolute atomic E-state index is 13.0. The lowest BCUT2D eigenvalue weighted by molar-refractivity contribution is 0.0477. The van der Waals surface area contributed by atoms with Crippen molar-refractivity contribution in [1.29, 1.82) is 0 Å². The maximum Gasteiger partial charge on any atom is 0.408 e. The lowest BCUT2D eigenvalue weighted by Gasteiger charge is -2.29. The highest BCUT2D eigenvalue weighted by molar-refractivity contribution is 9.10. The molecule has 5 nitrogen and oxygen atoms in total. The molecule has 0 aliphatic heterocycles. The van der Waals surface area contributed by atoms with Gasteiger partial charge >= 0.3 is 6.09 Å². The molecule has 1 heterocycles. The minimum atomic E-state index is -2.70. The first-order valence-electron chi connectivity index (χ1n) is 7.09. The van der Waals surface area contributed by atoms with Crippen LogP contribution in [0.5, 0.6) is 0 Å². The average molecular weight is 394 g/mol. The van der Waals surface area contributed by atoms with E-state index in [0.29, 0.717) is 4.60 Å². The number of nitrogens with one attached hydrogen (secondary N) is 2. The summed E-state index contributed by atoms with van der Waals surface area (Å²) in [5.41, 5.74) is -1.42. The van der Waals surface area contributed by atoms with E-state index in [4.69, 9.17) is 4.74 Å². The summed E-state index contributed by atoms with van der Waals surface area (Å²) >= 11 is 3.07. The lowest BCUT2D eigenvalue weighted by Crippen LogP contribution is -2.50. The van der Waals surface area contributed by atoms with Crippen LogP contribution in [0.25, 0.3) is 0 Å². The van der Waals surface area contributed by atoms with Gasteiger partial charge in [0.15, 0.2) is 0 Å². The molecule has 0 saturated carbocycles. The molecule has 0 aliphatic carbocycles. The zero-order valence-electron chi connectivity index (χ0n) is 13.8. The number of aromatic nitrogens is 1. The Hall–Kier alpha value is -1.44. The summed E-state index contributed by atoms with van der Waals surface area (Å²) in [6.45, 7) is 9.05. The van der Waals surface area contributed by atoms with Crippen LogP contribution in [0, 0.1) is 0 Å². The molecule has 23 heavy (non-hydrogen) atoms. The number of nitrogens with zero attached hydrogens (tertiary/aromatic N) is 1. The molecule has 2 N–H and O–H groups in total. The Balaban J connectivity index is 2.71. The highest BCUT2D eigenvalue weighted by Gasteiger charge is 2.25. The second-order valence-corrected chi connectivity index (χ2v) is 7.54. The van der Waals surface area contributed by atoms with Gasteiger partial charge in [0.05, 0.1) is 11.2 Å². The average Bonchev–Trinajstić information content (AvgIpc) is 2.33. The van der Waals surface area contributed by atoms with Crippen molar-refractivity contribution >= 4 is 27.7 Å². The molecule has 0 aliphatic rings. The normalized spacial score (nSPS) is 12.2. The molecule has 0 bridgehead atoms. The Morgan fingerprint density at radius 1 is 1.30 bits per heavy atom. The van der Waals surface area contributed by atoms with E-state index in [-0.39, 0.29) is 17.9 Å². The Labute approximate surface area is 143 Å². The highest BCUT2D eigenvalue weighted by atomic mass is 79.9. The van der Waals surface area contributed by atoms with Crippen LogP contribution < -0.4 is 10.6 Å². The molecule has 0 atom stereocenters. The van der Waals surface area contributed by atoms with Gasteiger partial charge < -0.3 is 15.4 Å².